The number of halogens is 1. The Labute approximate surface area is 240 Å². The highest BCUT2D eigenvalue weighted by atomic mass is 79.9. The van der Waals surface area contributed by atoms with E-state index in [1.54, 1.807) is 0 Å². The van der Waals surface area contributed by atoms with Gasteiger partial charge in [-0.3, -0.25) is 4.90 Å². The normalized spacial score (nSPS) is 12.4. The number of nitrogens with zero attached hydrogens (tertiary/aromatic N) is 1. The van der Waals surface area contributed by atoms with Gasteiger partial charge < -0.3 is 15.9 Å². The SMILES string of the molecule is BrCc1ccccc1.CC(C)C[C@H](CO)N(Cc1ccccc1)Cc1ccccc1.CC(C)C[C@H](N)CO. The van der Waals surface area contributed by atoms with E-state index in [9.17, 15) is 5.11 Å². The van der Waals surface area contributed by atoms with E-state index in [0.29, 0.717) is 11.8 Å². The fourth-order valence-electron chi connectivity index (χ4n) is 4.08. The second-order valence-corrected chi connectivity index (χ2v) is 11.1. The molecule has 0 amide bonds. The van der Waals surface area contributed by atoms with Crippen molar-refractivity contribution in [2.75, 3.05) is 13.2 Å². The van der Waals surface area contributed by atoms with E-state index in [0.717, 1.165) is 31.3 Å². The molecule has 3 rings (SSSR count). The van der Waals surface area contributed by atoms with Crippen LogP contribution in [0.1, 0.15) is 57.2 Å². The minimum absolute atomic E-state index is 0.0185. The first-order chi connectivity index (χ1) is 18.3. The van der Waals surface area contributed by atoms with Gasteiger partial charge in [0.1, 0.15) is 0 Å². The zero-order valence-electron chi connectivity index (χ0n) is 23.7. The van der Waals surface area contributed by atoms with E-state index >= 15 is 0 Å². The highest BCUT2D eigenvalue weighted by Gasteiger charge is 2.19. The van der Waals surface area contributed by atoms with E-state index in [4.69, 9.17) is 10.8 Å². The molecule has 0 radical (unpaired) electrons. The summed E-state index contributed by atoms with van der Waals surface area (Å²) >= 11 is 3.36. The van der Waals surface area contributed by atoms with Crippen LogP contribution in [-0.4, -0.2) is 40.4 Å². The maximum Gasteiger partial charge on any atom is 0.0587 e. The predicted molar refractivity (Wildman–Crippen MR) is 166 cm³/mol. The highest BCUT2D eigenvalue weighted by molar-refractivity contribution is 9.08. The molecule has 0 fully saturated rings. The Bertz CT molecular complexity index is 882. The van der Waals surface area contributed by atoms with Gasteiger partial charge in [-0.2, -0.15) is 0 Å². The van der Waals surface area contributed by atoms with Crippen LogP contribution in [0.15, 0.2) is 91.0 Å². The Morgan fingerprint density at radius 1 is 0.632 bits per heavy atom. The van der Waals surface area contributed by atoms with E-state index < -0.39 is 0 Å². The molecule has 0 saturated carbocycles. The van der Waals surface area contributed by atoms with Gasteiger partial charge in [0.2, 0.25) is 0 Å². The molecule has 0 aliphatic carbocycles. The largest absolute Gasteiger partial charge is 0.395 e. The summed E-state index contributed by atoms with van der Waals surface area (Å²) < 4.78 is 0. The Morgan fingerprint density at radius 3 is 1.29 bits per heavy atom. The van der Waals surface area contributed by atoms with Crippen molar-refractivity contribution in [1.29, 1.82) is 0 Å². The number of alkyl halides is 1. The molecule has 0 aromatic heterocycles. The van der Waals surface area contributed by atoms with E-state index in [1.165, 1.54) is 16.7 Å². The number of benzene rings is 3. The first-order valence-electron chi connectivity index (χ1n) is 13.7. The third kappa shape index (κ3) is 16.1. The molecule has 0 aliphatic rings. The molecule has 38 heavy (non-hydrogen) atoms. The third-order valence-corrected chi connectivity index (χ3v) is 6.58. The van der Waals surface area contributed by atoms with Crippen molar-refractivity contribution in [3.8, 4) is 0 Å². The molecule has 0 spiro atoms. The van der Waals surface area contributed by atoms with Crippen LogP contribution in [0.2, 0.25) is 0 Å². The molecular weight excluding hydrogens is 536 g/mol. The fourth-order valence-corrected chi connectivity index (χ4v) is 4.45. The maximum atomic E-state index is 9.86. The molecule has 0 unspecified atom stereocenters. The third-order valence-electron chi connectivity index (χ3n) is 5.93. The van der Waals surface area contributed by atoms with E-state index in [-0.39, 0.29) is 25.3 Å². The maximum absolute atomic E-state index is 9.86. The van der Waals surface area contributed by atoms with Gasteiger partial charge >= 0.3 is 0 Å². The minimum Gasteiger partial charge on any atom is -0.395 e. The summed E-state index contributed by atoms with van der Waals surface area (Å²) in [5.74, 6) is 1.17. The van der Waals surface area contributed by atoms with Gasteiger partial charge in [0.15, 0.2) is 0 Å². The summed E-state index contributed by atoms with van der Waals surface area (Å²) in [6, 6.07) is 31.5. The highest BCUT2D eigenvalue weighted by Crippen LogP contribution is 2.18. The van der Waals surface area contributed by atoms with Gasteiger partial charge in [-0.1, -0.05) is 135 Å². The predicted octanol–water partition coefficient (Wildman–Crippen LogP) is 7.03. The average molecular weight is 586 g/mol. The van der Waals surface area contributed by atoms with Gasteiger partial charge in [-0.05, 0) is 41.4 Å². The molecule has 5 heteroatoms. The van der Waals surface area contributed by atoms with Crippen molar-refractivity contribution in [1.82, 2.24) is 4.90 Å². The lowest BCUT2D eigenvalue weighted by Gasteiger charge is -2.32. The summed E-state index contributed by atoms with van der Waals surface area (Å²) in [7, 11) is 0. The van der Waals surface area contributed by atoms with Crippen LogP contribution < -0.4 is 5.73 Å². The second kappa shape index (κ2) is 20.9. The molecule has 0 bridgehead atoms. The Balaban J connectivity index is 0.000000368. The smallest absolute Gasteiger partial charge is 0.0587 e. The van der Waals surface area contributed by atoms with Gasteiger partial charge in [0.25, 0.3) is 0 Å². The van der Waals surface area contributed by atoms with Crippen molar-refractivity contribution in [2.24, 2.45) is 17.6 Å². The van der Waals surface area contributed by atoms with Crippen molar-refractivity contribution >= 4 is 15.9 Å². The monoisotopic (exact) mass is 584 g/mol. The first kappa shape index (κ1) is 34.0. The number of aliphatic hydroxyl groups excluding tert-OH is 2. The van der Waals surface area contributed by atoms with Gasteiger partial charge in [-0.15, -0.1) is 0 Å². The zero-order valence-corrected chi connectivity index (χ0v) is 25.3. The van der Waals surface area contributed by atoms with E-state index in [2.05, 4.69) is 109 Å². The lowest BCUT2D eigenvalue weighted by Crippen LogP contribution is -2.38. The summed E-state index contributed by atoms with van der Waals surface area (Å²) in [5, 5.41) is 19.3. The first-order valence-corrected chi connectivity index (χ1v) is 14.8. The van der Waals surface area contributed by atoms with Crippen molar-refractivity contribution < 1.29 is 10.2 Å². The lowest BCUT2D eigenvalue weighted by molar-refractivity contribution is 0.0941. The molecular formula is C33H49BrN2O2. The summed E-state index contributed by atoms with van der Waals surface area (Å²) in [6.45, 7) is 10.7. The van der Waals surface area contributed by atoms with Crippen LogP contribution in [0.3, 0.4) is 0 Å². The van der Waals surface area contributed by atoms with Crippen molar-refractivity contribution in [2.45, 2.75) is 71.0 Å². The summed E-state index contributed by atoms with van der Waals surface area (Å²) in [5.41, 5.74) is 9.33. The van der Waals surface area contributed by atoms with Crippen LogP contribution in [0.25, 0.3) is 0 Å². The number of rotatable bonds is 12. The molecule has 3 aromatic rings. The quantitative estimate of drug-likeness (QED) is 0.200. The fraction of sp³-hybridized carbons (Fsp3) is 0.455. The van der Waals surface area contributed by atoms with Crippen LogP contribution in [0, 0.1) is 11.8 Å². The van der Waals surface area contributed by atoms with Crippen LogP contribution >= 0.6 is 15.9 Å². The zero-order chi connectivity index (χ0) is 28.2. The summed E-state index contributed by atoms with van der Waals surface area (Å²) in [4.78, 5) is 2.39. The molecule has 2 atom stereocenters. The number of hydrogen-bond acceptors (Lipinski definition) is 4. The number of nitrogens with two attached hydrogens (primary N) is 1. The van der Waals surface area contributed by atoms with Crippen LogP contribution in [0.4, 0.5) is 0 Å². The van der Waals surface area contributed by atoms with Gasteiger partial charge in [0, 0.05) is 30.5 Å². The number of aliphatic hydroxyl groups is 2. The van der Waals surface area contributed by atoms with E-state index in [1.807, 2.05) is 30.3 Å². The molecule has 3 aromatic carbocycles. The lowest BCUT2D eigenvalue weighted by atomic mass is 10.0. The van der Waals surface area contributed by atoms with Crippen molar-refractivity contribution in [3.63, 3.8) is 0 Å². The minimum atomic E-state index is -0.0185. The molecule has 0 aliphatic heterocycles. The van der Waals surface area contributed by atoms with Crippen LogP contribution in [-0.2, 0) is 18.4 Å². The molecule has 0 saturated heterocycles. The van der Waals surface area contributed by atoms with Crippen molar-refractivity contribution in [3.05, 3.63) is 108 Å². The topological polar surface area (TPSA) is 69.7 Å². The van der Waals surface area contributed by atoms with Gasteiger partial charge in [0.05, 0.1) is 13.2 Å². The Hall–Kier alpha value is -2.02. The standard InChI is InChI=1S/C20H27NO.C7H7Br.C6H15NO/c1-17(2)13-20(16-22)21(14-18-9-5-3-6-10-18)15-19-11-7-4-8-12-19;8-6-7-4-2-1-3-5-7;1-5(2)3-6(7)4-8/h3-12,17,20,22H,13-16H2,1-2H3;1-5H,6H2;5-6,8H,3-4,7H2,1-2H3/t20-;;6-/m1.0/s1. The Kier molecular flexibility index (Phi) is 18.7. The molecule has 4 nitrogen and oxygen atoms in total. The molecule has 0 heterocycles. The van der Waals surface area contributed by atoms with Gasteiger partial charge in [-0.25, -0.2) is 0 Å². The van der Waals surface area contributed by atoms with Crippen LogP contribution in [0.5, 0.6) is 0 Å². The summed E-state index contributed by atoms with van der Waals surface area (Å²) in [6.07, 6.45) is 1.92. The number of hydrogen-bond donors (Lipinski definition) is 3. The average Bonchev–Trinajstić information content (AvgIpc) is 2.93. The second-order valence-electron chi connectivity index (χ2n) is 10.5. The Morgan fingerprint density at radius 2 is 1.03 bits per heavy atom. The molecule has 210 valence electrons. The molecule has 4 N–H and O–H groups in total.